The van der Waals surface area contributed by atoms with Crippen LogP contribution in [0.3, 0.4) is 0 Å². The SMILES string of the molecule is COc1cc2c(cc1OC)C(c1ccccc1)N(C(=O)CCSC)CC2. The van der Waals surface area contributed by atoms with Gasteiger partial charge in [0, 0.05) is 18.7 Å². The third-order valence-corrected chi connectivity index (χ3v) is 5.44. The fourth-order valence-corrected chi connectivity index (χ4v) is 3.92. The van der Waals surface area contributed by atoms with Crippen molar-refractivity contribution in [2.24, 2.45) is 0 Å². The fourth-order valence-electron chi connectivity index (χ4n) is 3.54. The number of ether oxygens (including phenoxy) is 2. The lowest BCUT2D eigenvalue weighted by atomic mass is 9.87. The van der Waals surface area contributed by atoms with E-state index < -0.39 is 0 Å². The molecule has 0 fully saturated rings. The Kier molecular flexibility index (Phi) is 6.09. The number of benzene rings is 2. The highest BCUT2D eigenvalue weighted by Gasteiger charge is 2.32. The number of methoxy groups -OCH3 is 2. The van der Waals surface area contributed by atoms with Crippen LogP contribution in [0.5, 0.6) is 11.5 Å². The van der Waals surface area contributed by atoms with Crippen LogP contribution in [0.25, 0.3) is 0 Å². The molecule has 0 aromatic heterocycles. The first kappa shape index (κ1) is 18.6. The molecule has 0 N–H and O–H groups in total. The van der Waals surface area contributed by atoms with Gasteiger partial charge in [-0.3, -0.25) is 4.79 Å². The van der Waals surface area contributed by atoms with Crippen molar-refractivity contribution in [3.8, 4) is 11.5 Å². The van der Waals surface area contributed by atoms with Gasteiger partial charge in [0.2, 0.25) is 5.91 Å². The van der Waals surface area contributed by atoms with E-state index in [-0.39, 0.29) is 11.9 Å². The molecular formula is C21H25NO3S. The van der Waals surface area contributed by atoms with Crippen molar-refractivity contribution in [2.45, 2.75) is 18.9 Å². The summed E-state index contributed by atoms with van der Waals surface area (Å²) in [7, 11) is 3.30. The van der Waals surface area contributed by atoms with Crippen LogP contribution < -0.4 is 9.47 Å². The number of hydrogen-bond acceptors (Lipinski definition) is 4. The Hall–Kier alpha value is -2.14. The summed E-state index contributed by atoms with van der Waals surface area (Å²) in [6.45, 7) is 0.718. The van der Waals surface area contributed by atoms with E-state index in [1.807, 2.05) is 41.5 Å². The van der Waals surface area contributed by atoms with E-state index in [2.05, 4.69) is 12.1 Å². The molecule has 0 radical (unpaired) electrons. The van der Waals surface area contributed by atoms with Crippen molar-refractivity contribution >= 4 is 17.7 Å². The molecule has 1 aliphatic heterocycles. The Morgan fingerprint density at radius 2 is 1.85 bits per heavy atom. The van der Waals surface area contributed by atoms with Crippen molar-refractivity contribution in [3.63, 3.8) is 0 Å². The molecule has 3 rings (SSSR count). The molecule has 138 valence electrons. The zero-order valence-electron chi connectivity index (χ0n) is 15.5. The van der Waals surface area contributed by atoms with Crippen molar-refractivity contribution in [3.05, 3.63) is 59.2 Å². The predicted octanol–water partition coefficient (Wildman–Crippen LogP) is 3.93. The van der Waals surface area contributed by atoms with Gasteiger partial charge in [-0.05, 0) is 41.5 Å². The third-order valence-electron chi connectivity index (χ3n) is 4.83. The largest absolute Gasteiger partial charge is 0.493 e. The molecule has 1 atom stereocenters. The first-order valence-corrected chi connectivity index (χ1v) is 10.2. The molecule has 4 nitrogen and oxygen atoms in total. The molecule has 5 heteroatoms. The number of carbonyl (C=O) groups excluding carboxylic acids is 1. The predicted molar refractivity (Wildman–Crippen MR) is 106 cm³/mol. The molecular weight excluding hydrogens is 346 g/mol. The summed E-state index contributed by atoms with van der Waals surface area (Å²) in [6.07, 6.45) is 3.42. The first-order valence-electron chi connectivity index (χ1n) is 8.77. The quantitative estimate of drug-likeness (QED) is 0.771. The summed E-state index contributed by atoms with van der Waals surface area (Å²) >= 11 is 1.70. The number of nitrogens with zero attached hydrogens (tertiary/aromatic N) is 1. The van der Waals surface area contributed by atoms with Gasteiger partial charge in [-0.1, -0.05) is 30.3 Å². The minimum Gasteiger partial charge on any atom is -0.493 e. The Labute approximate surface area is 159 Å². The maximum absolute atomic E-state index is 12.9. The molecule has 1 heterocycles. The van der Waals surface area contributed by atoms with Crippen LogP contribution >= 0.6 is 11.8 Å². The average Bonchev–Trinajstić information content (AvgIpc) is 2.70. The van der Waals surface area contributed by atoms with Crippen LogP contribution in [-0.2, 0) is 11.2 Å². The van der Waals surface area contributed by atoms with Crippen LogP contribution in [0.15, 0.2) is 42.5 Å². The second-order valence-corrected chi connectivity index (χ2v) is 7.28. The maximum Gasteiger partial charge on any atom is 0.224 e. The average molecular weight is 372 g/mol. The van der Waals surface area contributed by atoms with E-state index in [0.717, 1.165) is 35.6 Å². The molecule has 0 spiro atoms. The summed E-state index contributed by atoms with van der Waals surface area (Å²) < 4.78 is 11.0. The zero-order chi connectivity index (χ0) is 18.5. The van der Waals surface area contributed by atoms with E-state index in [9.17, 15) is 4.79 Å². The van der Waals surface area contributed by atoms with Gasteiger partial charge < -0.3 is 14.4 Å². The molecule has 0 saturated carbocycles. The van der Waals surface area contributed by atoms with E-state index in [0.29, 0.717) is 12.2 Å². The molecule has 26 heavy (non-hydrogen) atoms. The van der Waals surface area contributed by atoms with Gasteiger partial charge in [0.15, 0.2) is 11.5 Å². The van der Waals surface area contributed by atoms with E-state index >= 15 is 0 Å². The van der Waals surface area contributed by atoms with Gasteiger partial charge in [0.1, 0.15) is 0 Å². The third kappa shape index (κ3) is 3.68. The monoisotopic (exact) mass is 371 g/mol. The number of fused-ring (bicyclic) bond motifs is 1. The van der Waals surface area contributed by atoms with Crippen LogP contribution in [0.4, 0.5) is 0 Å². The normalized spacial score (nSPS) is 16.1. The topological polar surface area (TPSA) is 38.8 Å². The summed E-state index contributed by atoms with van der Waals surface area (Å²) in [5, 5.41) is 0. The molecule has 0 bridgehead atoms. The van der Waals surface area contributed by atoms with Gasteiger partial charge >= 0.3 is 0 Å². The second kappa shape index (κ2) is 8.49. The van der Waals surface area contributed by atoms with Crippen LogP contribution in [0, 0.1) is 0 Å². The van der Waals surface area contributed by atoms with E-state index in [1.54, 1.807) is 26.0 Å². The second-order valence-electron chi connectivity index (χ2n) is 6.30. The number of amides is 1. The minimum atomic E-state index is -0.0888. The van der Waals surface area contributed by atoms with Gasteiger partial charge in [-0.25, -0.2) is 0 Å². The van der Waals surface area contributed by atoms with E-state index in [4.69, 9.17) is 9.47 Å². The summed E-state index contributed by atoms with van der Waals surface area (Å²) in [4.78, 5) is 14.9. The number of carbonyl (C=O) groups is 1. The number of hydrogen-bond donors (Lipinski definition) is 0. The van der Waals surface area contributed by atoms with E-state index in [1.165, 1.54) is 5.56 Å². The van der Waals surface area contributed by atoms with Gasteiger partial charge in [-0.2, -0.15) is 11.8 Å². The van der Waals surface area contributed by atoms with Gasteiger partial charge in [0.25, 0.3) is 0 Å². The fraction of sp³-hybridized carbons (Fsp3) is 0.381. The Morgan fingerprint density at radius 3 is 2.50 bits per heavy atom. The molecule has 2 aromatic carbocycles. The highest BCUT2D eigenvalue weighted by molar-refractivity contribution is 7.98. The van der Waals surface area contributed by atoms with Crippen molar-refractivity contribution in [2.75, 3.05) is 32.8 Å². The lowest BCUT2D eigenvalue weighted by molar-refractivity contribution is -0.132. The molecule has 2 aromatic rings. The highest BCUT2D eigenvalue weighted by Crippen LogP contribution is 2.41. The summed E-state index contributed by atoms with van der Waals surface area (Å²) in [6, 6.07) is 14.2. The smallest absolute Gasteiger partial charge is 0.224 e. The van der Waals surface area contributed by atoms with Gasteiger partial charge in [-0.15, -0.1) is 0 Å². The molecule has 0 aliphatic carbocycles. The Balaban J connectivity index is 2.07. The Morgan fingerprint density at radius 1 is 1.15 bits per heavy atom. The number of thioether (sulfide) groups is 1. The lowest BCUT2D eigenvalue weighted by Gasteiger charge is -2.38. The lowest BCUT2D eigenvalue weighted by Crippen LogP contribution is -2.40. The van der Waals surface area contributed by atoms with Crippen LogP contribution in [0.2, 0.25) is 0 Å². The molecule has 1 aliphatic rings. The van der Waals surface area contributed by atoms with Crippen molar-refractivity contribution in [1.29, 1.82) is 0 Å². The van der Waals surface area contributed by atoms with Crippen molar-refractivity contribution in [1.82, 2.24) is 4.90 Å². The summed E-state index contributed by atoms with van der Waals surface area (Å²) in [5.41, 5.74) is 3.46. The standard InChI is InChI=1S/C21H25NO3S/c1-24-18-13-16-9-11-22(20(23)10-12-26-3)21(15-7-5-4-6-8-15)17(16)14-19(18)25-2/h4-8,13-14,21H,9-12H2,1-3H3. The highest BCUT2D eigenvalue weighted by atomic mass is 32.2. The number of rotatable bonds is 6. The minimum absolute atomic E-state index is 0.0888. The maximum atomic E-state index is 12.9. The first-order chi connectivity index (χ1) is 12.7. The molecule has 1 unspecified atom stereocenters. The molecule has 0 saturated heterocycles. The van der Waals surface area contributed by atoms with Gasteiger partial charge in [0.05, 0.1) is 20.3 Å². The van der Waals surface area contributed by atoms with Crippen LogP contribution in [-0.4, -0.2) is 43.6 Å². The molecule has 1 amide bonds. The Bertz CT molecular complexity index is 763. The zero-order valence-corrected chi connectivity index (χ0v) is 16.3. The van der Waals surface area contributed by atoms with Crippen molar-refractivity contribution < 1.29 is 14.3 Å². The van der Waals surface area contributed by atoms with Crippen LogP contribution in [0.1, 0.15) is 29.2 Å². The summed E-state index contributed by atoms with van der Waals surface area (Å²) in [5.74, 6) is 2.48.